The van der Waals surface area contributed by atoms with E-state index in [9.17, 15) is 22.8 Å². The Bertz CT molecular complexity index is 811. The highest BCUT2D eigenvalue weighted by Gasteiger charge is 2.42. The van der Waals surface area contributed by atoms with E-state index in [0.29, 0.717) is 17.1 Å². The lowest BCUT2D eigenvalue weighted by atomic mass is 9.97. The van der Waals surface area contributed by atoms with E-state index in [1.54, 1.807) is 6.07 Å². The summed E-state index contributed by atoms with van der Waals surface area (Å²) in [5, 5.41) is 8.96. The van der Waals surface area contributed by atoms with Crippen LogP contribution in [0, 0.1) is 5.92 Å². The fraction of sp³-hybridized carbons (Fsp3) is 0.400. The third kappa shape index (κ3) is 2.64. The molecule has 3 rings (SSSR count). The van der Waals surface area contributed by atoms with Crippen molar-refractivity contribution in [3.63, 3.8) is 0 Å². The summed E-state index contributed by atoms with van der Waals surface area (Å²) < 4.78 is 25.4. The van der Waals surface area contributed by atoms with Gasteiger partial charge in [0, 0.05) is 13.1 Å². The Hall–Kier alpha value is -2.42. The van der Waals surface area contributed by atoms with Gasteiger partial charge in [-0.2, -0.15) is 0 Å². The van der Waals surface area contributed by atoms with Crippen LogP contribution in [-0.2, 0) is 19.6 Å². The first-order valence-electron chi connectivity index (χ1n) is 7.49. The average molecular weight is 352 g/mol. The summed E-state index contributed by atoms with van der Waals surface area (Å²) in [6.45, 7) is -0.0801. The van der Waals surface area contributed by atoms with Crippen LogP contribution in [0.5, 0.6) is 0 Å². The van der Waals surface area contributed by atoms with E-state index < -0.39 is 40.3 Å². The van der Waals surface area contributed by atoms with Crippen LogP contribution in [0.1, 0.15) is 23.2 Å². The van der Waals surface area contributed by atoms with Gasteiger partial charge in [-0.1, -0.05) is 12.1 Å². The molecule has 0 spiro atoms. The zero-order valence-corrected chi connectivity index (χ0v) is 13.5. The number of fused-ring (bicyclic) bond motifs is 1. The van der Waals surface area contributed by atoms with Crippen molar-refractivity contribution in [3.8, 4) is 0 Å². The number of hydrogen-bond acceptors (Lipinski definition) is 5. The molecule has 128 valence electrons. The summed E-state index contributed by atoms with van der Waals surface area (Å²) in [4.78, 5) is 36.9. The van der Waals surface area contributed by atoms with Crippen LogP contribution in [0.3, 0.4) is 0 Å². The zero-order valence-electron chi connectivity index (χ0n) is 12.7. The molecule has 0 aromatic heterocycles. The van der Waals surface area contributed by atoms with Gasteiger partial charge in [0.05, 0.1) is 11.5 Å². The van der Waals surface area contributed by atoms with E-state index in [4.69, 9.17) is 5.11 Å². The molecular weight excluding hydrogens is 336 g/mol. The van der Waals surface area contributed by atoms with Crippen molar-refractivity contribution in [1.29, 1.82) is 0 Å². The van der Waals surface area contributed by atoms with Crippen molar-refractivity contribution >= 4 is 27.8 Å². The van der Waals surface area contributed by atoms with Crippen molar-refractivity contribution in [1.82, 2.24) is 9.21 Å². The summed E-state index contributed by atoms with van der Waals surface area (Å²) >= 11 is 0. The molecule has 2 heterocycles. The minimum atomic E-state index is -4.01. The van der Waals surface area contributed by atoms with Gasteiger partial charge >= 0.3 is 5.97 Å². The molecule has 0 atom stereocenters. The maximum absolute atomic E-state index is 12.4. The monoisotopic (exact) mass is 352 g/mol. The molecule has 24 heavy (non-hydrogen) atoms. The van der Waals surface area contributed by atoms with Gasteiger partial charge in [0.15, 0.2) is 0 Å². The molecule has 9 heteroatoms. The van der Waals surface area contributed by atoms with E-state index in [1.807, 2.05) is 0 Å². The Morgan fingerprint density at radius 3 is 2.38 bits per heavy atom. The molecule has 1 N–H and O–H groups in total. The number of carboxylic acids is 1. The van der Waals surface area contributed by atoms with E-state index in [-0.39, 0.29) is 23.5 Å². The number of carbonyl (C=O) groups is 3. The first kappa shape index (κ1) is 16.4. The number of nitrogens with zero attached hydrogens (tertiary/aromatic N) is 2. The lowest BCUT2D eigenvalue weighted by molar-refractivity contribution is -0.145. The lowest BCUT2D eigenvalue weighted by Gasteiger charge is -2.31. The van der Waals surface area contributed by atoms with Crippen LogP contribution >= 0.6 is 0 Å². The Kier molecular flexibility index (Phi) is 4.04. The van der Waals surface area contributed by atoms with Crippen molar-refractivity contribution in [2.24, 2.45) is 5.92 Å². The maximum Gasteiger partial charge on any atom is 0.306 e. The first-order chi connectivity index (χ1) is 11.3. The fourth-order valence-corrected chi connectivity index (χ4v) is 4.50. The highest BCUT2D eigenvalue weighted by Crippen LogP contribution is 2.30. The molecule has 2 amide bonds. The molecule has 1 saturated heterocycles. The summed E-state index contributed by atoms with van der Waals surface area (Å²) in [5.74, 6) is -2.59. The molecule has 0 saturated carbocycles. The van der Waals surface area contributed by atoms with Gasteiger partial charge < -0.3 is 10.0 Å². The highest BCUT2D eigenvalue weighted by molar-refractivity contribution is 7.90. The molecule has 0 radical (unpaired) electrons. The minimum absolute atomic E-state index is 0.0647. The van der Waals surface area contributed by atoms with E-state index >= 15 is 0 Å². The highest BCUT2D eigenvalue weighted by atomic mass is 32.2. The number of carboxylic acid groups (broad SMARTS) is 1. The normalized spacial score (nSPS) is 20.1. The van der Waals surface area contributed by atoms with Gasteiger partial charge in [0.25, 0.3) is 15.9 Å². The SMILES string of the molecule is O=C(O)C1CCN(C(=O)CN2C(=O)c3ccccc3S2(=O)=O)CC1. The average Bonchev–Trinajstić information content (AvgIpc) is 2.76. The predicted molar refractivity (Wildman–Crippen MR) is 81.6 cm³/mol. The second-order valence-corrected chi connectivity index (χ2v) is 7.64. The van der Waals surface area contributed by atoms with E-state index in [0.717, 1.165) is 0 Å². The van der Waals surface area contributed by atoms with E-state index in [2.05, 4.69) is 0 Å². The van der Waals surface area contributed by atoms with Gasteiger partial charge in [0.1, 0.15) is 11.4 Å². The van der Waals surface area contributed by atoms with Crippen LogP contribution in [0.4, 0.5) is 0 Å². The smallest absolute Gasteiger partial charge is 0.306 e. The molecule has 0 bridgehead atoms. The molecule has 1 aromatic carbocycles. The maximum atomic E-state index is 12.4. The second kappa shape index (κ2) is 5.90. The molecule has 1 aromatic rings. The van der Waals surface area contributed by atoms with Crippen molar-refractivity contribution < 1.29 is 27.9 Å². The first-order valence-corrected chi connectivity index (χ1v) is 8.93. The van der Waals surface area contributed by atoms with Crippen LogP contribution in [0.25, 0.3) is 0 Å². The standard InChI is InChI=1S/C15H16N2O6S/c18-13(16-7-5-10(6-8-16)15(20)21)9-17-14(19)11-3-1-2-4-12(11)24(17,22)23/h1-4,10H,5-9H2,(H,20,21). The van der Waals surface area contributed by atoms with Gasteiger partial charge in [-0.15, -0.1) is 0 Å². The third-order valence-electron chi connectivity index (χ3n) is 4.39. The minimum Gasteiger partial charge on any atom is -0.481 e. The van der Waals surface area contributed by atoms with Crippen LogP contribution in [-0.4, -0.2) is 60.1 Å². The second-order valence-electron chi connectivity index (χ2n) is 5.81. The van der Waals surface area contributed by atoms with Crippen molar-refractivity contribution in [2.75, 3.05) is 19.6 Å². The predicted octanol–water partition coefficient (Wildman–Crippen LogP) is 0.154. The Balaban J connectivity index is 1.72. The summed E-state index contributed by atoms with van der Waals surface area (Å²) in [7, 11) is -4.01. The molecule has 1 fully saturated rings. The molecule has 0 aliphatic carbocycles. The summed E-state index contributed by atoms with van der Waals surface area (Å²) in [6.07, 6.45) is 0.643. The van der Waals surface area contributed by atoms with Gasteiger partial charge in [-0.25, -0.2) is 12.7 Å². The number of rotatable bonds is 3. The number of aliphatic carboxylic acids is 1. The van der Waals surface area contributed by atoms with Gasteiger partial charge in [0.2, 0.25) is 5.91 Å². The van der Waals surface area contributed by atoms with Crippen molar-refractivity contribution in [2.45, 2.75) is 17.7 Å². The number of piperidine rings is 1. The fourth-order valence-electron chi connectivity index (χ4n) is 2.99. The molecule has 0 unspecified atom stereocenters. The van der Waals surface area contributed by atoms with Crippen LogP contribution < -0.4 is 0 Å². The quantitative estimate of drug-likeness (QED) is 0.829. The molecule has 2 aliphatic heterocycles. The number of likely N-dealkylation sites (tertiary alicyclic amines) is 1. The summed E-state index contributed by atoms with van der Waals surface area (Å²) in [5.41, 5.74) is 0.0647. The molecular formula is C15H16N2O6S. The summed E-state index contributed by atoms with van der Waals surface area (Å²) in [6, 6.07) is 5.84. The lowest BCUT2D eigenvalue weighted by Crippen LogP contribution is -2.46. The van der Waals surface area contributed by atoms with Crippen LogP contribution in [0.2, 0.25) is 0 Å². The molecule has 2 aliphatic rings. The van der Waals surface area contributed by atoms with Crippen LogP contribution in [0.15, 0.2) is 29.2 Å². The van der Waals surface area contributed by atoms with E-state index in [1.165, 1.54) is 23.1 Å². The number of hydrogen-bond donors (Lipinski definition) is 1. The largest absolute Gasteiger partial charge is 0.481 e. The number of sulfonamides is 1. The topological polar surface area (TPSA) is 112 Å². The number of benzene rings is 1. The Labute approximate surface area is 138 Å². The Morgan fingerprint density at radius 1 is 1.17 bits per heavy atom. The molecule has 8 nitrogen and oxygen atoms in total. The Morgan fingerprint density at radius 2 is 1.79 bits per heavy atom. The third-order valence-corrected chi connectivity index (χ3v) is 6.17. The zero-order chi connectivity index (χ0) is 17.5. The van der Waals surface area contributed by atoms with Gasteiger partial charge in [-0.3, -0.25) is 14.4 Å². The van der Waals surface area contributed by atoms with Gasteiger partial charge in [-0.05, 0) is 25.0 Å². The number of carbonyl (C=O) groups excluding carboxylic acids is 2. The number of amides is 2. The van der Waals surface area contributed by atoms with Crippen molar-refractivity contribution in [3.05, 3.63) is 29.8 Å².